The number of hydrogen-bond acceptors (Lipinski definition) is 7. The van der Waals surface area contributed by atoms with E-state index in [0.29, 0.717) is 4.96 Å². The third kappa shape index (κ3) is 3.65. The van der Waals surface area contributed by atoms with Crippen LogP contribution in [0.25, 0.3) is 4.96 Å². The summed E-state index contributed by atoms with van der Waals surface area (Å²) in [4.78, 5) is 10.6. The van der Waals surface area contributed by atoms with Crippen LogP contribution in [0.4, 0.5) is 0 Å². The maximum atomic E-state index is 10.8. The smallest absolute Gasteiger partial charge is 0.230 e. The maximum Gasteiger partial charge on any atom is 0.230 e. The van der Waals surface area contributed by atoms with Crippen LogP contribution in [0.3, 0.4) is 0 Å². The summed E-state index contributed by atoms with van der Waals surface area (Å²) in [6, 6.07) is 8.21. The van der Waals surface area contributed by atoms with Crippen LogP contribution in [-0.4, -0.2) is 69.3 Å². The molecule has 27 heavy (non-hydrogen) atoms. The van der Waals surface area contributed by atoms with Gasteiger partial charge in [0.15, 0.2) is 0 Å². The third-order valence-electron chi connectivity index (χ3n) is 4.96. The molecule has 1 saturated heterocycles. The van der Waals surface area contributed by atoms with E-state index in [0.717, 1.165) is 55.4 Å². The van der Waals surface area contributed by atoms with E-state index in [1.165, 1.54) is 22.2 Å². The van der Waals surface area contributed by atoms with Gasteiger partial charge in [-0.3, -0.25) is 4.90 Å². The van der Waals surface area contributed by atoms with Crippen LogP contribution in [0.15, 0.2) is 30.6 Å². The second kappa shape index (κ2) is 7.84. The lowest BCUT2D eigenvalue weighted by Gasteiger charge is -2.37. The molecule has 2 aromatic heterocycles. The highest BCUT2D eigenvalue weighted by atomic mass is 32.1. The number of thiazole rings is 1. The average molecular weight is 388 g/mol. The van der Waals surface area contributed by atoms with Crippen LogP contribution in [0, 0.1) is 0 Å². The van der Waals surface area contributed by atoms with Crippen molar-refractivity contribution in [2.75, 3.05) is 39.8 Å². The molecule has 0 amide bonds. The Balaban J connectivity index is 1.69. The van der Waals surface area contributed by atoms with E-state index >= 15 is 0 Å². The van der Waals surface area contributed by atoms with E-state index in [9.17, 15) is 5.11 Å². The summed E-state index contributed by atoms with van der Waals surface area (Å²) in [5, 5.41) is 14.9. The Morgan fingerprint density at radius 1 is 1.19 bits per heavy atom. The SMILES string of the molecule is CCCOc1ccc(C(c2sc3ncnn3c2O)N2CCN(C)CC2)cc1. The van der Waals surface area contributed by atoms with Crippen molar-refractivity contribution >= 4 is 16.3 Å². The molecular formula is C19H25N5O2S. The number of hydrogen-bond donors (Lipinski definition) is 1. The molecule has 3 aromatic rings. The molecule has 1 fully saturated rings. The summed E-state index contributed by atoms with van der Waals surface area (Å²) in [6.07, 6.45) is 2.46. The van der Waals surface area contributed by atoms with Crippen molar-refractivity contribution in [3.63, 3.8) is 0 Å². The first-order valence-electron chi connectivity index (χ1n) is 9.34. The largest absolute Gasteiger partial charge is 0.494 e. The lowest BCUT2D eigenvalue weighted by atomic mass is 10.0. The van der Waals surface area contributed by atoms with Crippen LogP contribution in [0.2, 0.25) is 0 Å². The zero-order chi connectivity index (χ0) is 18.8. The number of likely N-dealkylation sites (N-methyl/N-ethyl adjacent to an activating group) is 1. The molecule has 7 nitrogen and oxygen atoms in total. The van der Waals surface area contributed by atoms with Crippen molar-refractivity contribution in [3.05, 3.63) is 41.0 Å². The minimum atomic E-state index is -0.0209. The van der Waals surface area contributed by atoms with Crippen molar-refractivity contribution in [2.45, 2.75) is 19.4 Å². The Bertz CT molecular complexity index is 883. The van der Waals surface area contributed by atoms with Crippen LogP contribution in [-0.2, 0) is 0 Å². The van der Waals surface area contributed by atoms with Crippen LogP contribution in [0.5, 0.6) is 11.6 Å². The van der Waals surface area contributed by atoms with E-state index < -0.39 is 0 Å². The number of aromatic hydroxyl groups is 1. The normalized spacial score (nSPS) is 17.4. The topological polar surface area (TPSA) is 66.1 Å². The zero-order valence-electron chi connectivity index (χ0n) is 15.7. The van der Waals surface area contributed by atoms with Gasteiger partial charge in [0, 0.05) is 26.2 Å². The van der Waals surface area contributed by atoms with Crippen molar-refractivity contribution in [3.8, 4) is 11.6 Å². The van der Waals surface area contributed by atoms with Crippen molar-refractivity contribution < 1.29 is 9.84 Å². The van der Waals surface area contributed by atoms with Crippen LogP contribution >= 0.6 is 11.3 Å². The monoisotopic (exact) mass is 387 g/mol. The van der Waals surface area contributed by atoms with Crippen LogP contribution in [0.1, 0.15) is 29.8 Å². The van der Waals surface area contributed by atoms with E-state index in [-0.39, 0.29) is 11.9 Å². The molecule has 8 heteroatoms. The zero-order valence-corrected chi connectivity index (χ0v) is 16.5. The van der Waals surface area contributed by atoms with E-state index in [2.05, 4.69) is 46.0 Å². The van der Waals surface area contributed by atoms with Crippen molar-refractivity contribution in [1.29, 1.82) is 0 Å². The highest BCUT2D eigenvalue weighted by Gasteiger charge is 2.30. The quantitative estimate of drug-likeness (QED) is 0.701. The molecule has 0 spiro atoms. The van der Waals surface area contributed by atoms with Crippen LogP contribution < -0.4 is 4.74 Å². The molecule has 0 radical (unpaired) electrons. The molecule has 0 aliphatic carbocycles. The summed E-state index contributed by atoms with van der Waals surface area (Å²) in [6.45, 7) is 6.73. The molecule has 1 unspecified atom stereocenters. The first-order valence-corrected chi connectivity index (χ1v) is 10.2. The van der Waals surface area contributed by atoms with Crippen molar-refractivity contribution in [1.82, 2.24) is 24.4 Å². The lowest BCUT2D eigenvalue weighted by molar-refractivity contribution is 0.127. The molecule has 3 heterocycles. The molecule has 1 aliphatic heterocycles. The number of benzene rings is 1. The minimum Gasteiger partial charge on any atom is -0.494 e. The van der Waals surface area contributed by atoms with Crippen molar-refractivity contribution in [2.24, 2.45) is 0 Å². The fraction of sp³-hybridized carbons (Fsp3) is 0.474. The summed E-state index contributed by atoms with van der Waals surface area (Å²) in [5.74, 6) is 1.06. The van der Waals surface area contributed by atoms with E-state index in [1.54, 1.807) is 0 Å². The second-order valence-electron chi connectivity index (χ2n) is 6.90. The highest BCUT2D eigenvalue weighted by molar-refractivity contribution is 7.17. The van der Waals surface area contributed by atoms with Gasteiger partial charge in [-0.15, -0.1) is 0 Å². The Morgan fingerprint density at radius 2 is 1.93 bits per heavy atom. The summed E-state index contributed by atoms with van der Waals surface area (Å²) in [7, 11) is 2.15. The molecule has 0 saturated carbocycles. The fourth-order valence-electron chi connectivity index (χ4n) is 3.45. The third-order valence-corrected chi connectivity index (χ3v) is 6.05. The Morgan fingerprint density at radius 3 is 2.59 bits per heavy atom. The van der Waals surface area contributed by atoms with Gasteiger partial charge in [-0.2, -0.15) is 9.61 Å². The Kier molecular flexibility index (Phi) is 5.29. The molecular weight excluding hydrogens is 362 g/mol. The molecule has 0 bridgehead atoms. The minimum absolute atomic E-state index is 0.0209. The number of aromatic nitrogens is 3. The van der Waals surface area contributed by atoms with E-state index in [4.69, 9.17) is 4.74 Å². The van der Waals surface area contributed by atoms with Gasteiger partial charge in [0.2, 0.25) is 10.8 Å². The predicted octanol–water partition coefficient (Wildman–Crippen LogP) is 2.62. The number of fused-ring (bicyclic) bond motifs is 1. The number of ether oxygens (including phenoxy) is 1. The predicted molar refractivity (Wildman–Crippen MR) is 106 cm³/mol. The van der Waals surface area contributed by atoms with Gasteiger partial charge in [0.05, 0.1) is 17.5 Å². The second-order valence-corrected chi connectivity index (χ2v) is 7.91. The Hall–Kier alpha value is -2.16. The molecule has 1 atom stereocenters. The van der Waals surface area contributed by atoms with Gasteiger partial charge in [0.1, 0.15) is 12.1 Å². The van der Waals surface area contributed by atoms with Gasteiger partial charge >= 0.3 is 0 Å². The Labute approximate surface area is 162 Å². The van der Waals surface area contributed by atoms with Gasteiger partial charge in [-0.1, -0.05) is 30.4 Å². The standard InChI is InChI=1S/C19H25N5O2S/c1-3-12-26-15-6-4-14(5-7-15)16(23-10-8-22(2)9-11-23)17-18(25)24-19(27-17)20-13-21-24/h4-7,13,16,25H,3,8-12H2,1-2H3. The molecule has 4 rings (SSSR count). The summed E-state index contributed by atoms with van der Waals surface area (Å²) < 4.78 is 7.24. The lowest BCUT2D eigenvalue weighted by Crippen LogP contribution is -2.46. The fourth-order valence-corrected chi connectivity index (χ4v) is 4.54. The van der Waals surface area contributed by atoms with E-state index in [1.807, 2.05) is 12.1 Å². The summed E-state index contributed by atoms with van der Waals surface area (Å²) in [5.41, 5.74) is 1.14. The van der Waals surface area contributed by atoms with Gasteiger partial charge in [-0.25, -0.2) is 4.98 Å². The van der Waals surface area contributed by atoms with Gasteiger partial charge in [-0.05, 0) is 31.2 Å². The molecule has 144 valence electrons. The number of piperazine rings is 1. The first kappa shape index (κ1) is 18.2. The van der Waals surface area contributed by atoms with Gasteiger partial charge in [0.25, 0.3) is 0 Å². The molecule has 1 aromatic carbocycles. The molecule has 1 aliphatic rings. The average Bonchev–Trinajstić information content (AvgIpc) is 3.26. The highest BCUT2D eigenvalue weighted by Crippen LogP contribution is 2.40. The first-order chi connectivity index (χ1) is 13.2. The summed E-state index contributed by atoms with van der Waals surface area (Å²) >= 11 is 1.50. The maximum absolute atomic E-state index is 10.8. The number of rotatable bonds is 6. The van der Waals surface area contributed by atoms with Gasteiger partial charge < -0.3 is 14.7 Å². The number of nitrogens with zero attached hydrogens (tertiary/aromatic N) is 5. The molecule has 1 N–H and O–H groups in total.